The van der Waals surface area contributed by atoms with Gasteiger partial charge in [-0.2, -0.15) is 0 Å². The van der Waals surface area contributed by atoms with Crippen LogP contribution in [0.2, 0.25) is 0 Å². The van der Waals surface area contributed by atoms with Crippen molar-refractivity contribution < 1.29 is 14.3 Å². The molecule has 2 heterocycles. The number of carboxylic acids is 1. The van der Waals surface area contributed by atoms with E-state index >= 15 is 0 Å². The molecule has 2 aromatic heterocycles. The van der Waals surface area contributed by atoms with Crippen molar-refractivity contribution in [2.24, 2.45) is 0 Å². The lowest BCUT2D eigenvalue weighted by Gasteiger charge is -2.02. The summed E-state index contributed by atoms with van der Waals surface area (Å²) in [5.41, 5.74) is 3.93. The summed E-state index contributed by atoms with van der Waals surface area (Å²) in [5.74, 6) is -1.14. The van der Waals surface area contributed by atoms with Gasteiger partial charge in [0.15, 0.2) is 0 Å². The number of H-pyrrole nitrogens is 1. The van der Waals surface area contributed by atoms with Gasteiger partial charge in [0.1, 0.15) is 6.26 Å². The lowest BCUT2D eigenvalue weighted by molar-refractivity contribution is 0.0663. The van der Waals surface area contributed by atoms with E-state index in [4.69, 9.17) is 4.42 Å². The summed E-state index contributed by atoms with van der Waals surface area (Å²) in [6, 6.07) is 19.4. The first-order chi connectivity index (χ1) is 11.2. The van der Waals surface area contributed by atoms with Gasteiger partial charge in [-0.15, -0.1) is 0 Å². The molecule has 0 aliphatic heterocycles. The number of benzene rings is 2. The summed E-state index contributed by atoms with van der Waals surface area (Å²) >= 11 is 0. The van der Waals surface area contributed by atoms with Crippen LogP contribution in [0.25, 0.3) is 33.3 Å². The van der Waals surface area contributed by atoms with E-state index in [1.54, 1.807) is 0 Å². The molecule has 2 N–H and O–H groups in total. The molecule has 0 bridgehead atoms. The number of fused-ring (bicyclic) bond motifs is 1. The van der Waals surface area contributed by atoms with Crippen LogP contribution in [-0.2, 0) is 0 Å². The van der Waals surface area contributed by atoms with E-state index in [-0.39, 0.29) is 5.76 Å². The summed E-state index contributed by atoms with van der Waals surface area (Å²) in [5, 5.41) is 10.5. The molecular weight excluding hydrogens is 290 g/mol. The molecule has 4 rings (SSSR count). The summed E-state index contributed by atoms with van der Waals surface area (Å²) in [7, 11) is 0. The van der Waals surface area contributed by atoms with Crippen molar-refractivity contribution in [2.75, 3.05) is 0 Å². The minimum Gasteiger partial charge on any atom is -0.475 e. The number of aromatic nitrogens is 1. The molecule has 0 spiro atoms. The van der Waals surface area contributed by atoms with Crippen LogP contribution in [0.5, 0.6) is 0 Å². The molecule has 2 aromatic carbocycles. The third kappa shape index (κ3) is 2.21. The van der Waals surface area contributed by atoms with Gasteiger partial charge in [0, 0.05) is 16.5 Å². The largest absolute Gasteiger partial charge is 0.475 e. The molecule has 4 nitrogen and oxygen atoms in total. The molecule has 0 aliphatic carbocycles. The number of furan rings is 1. The van der Waals surface area contributed by atoms with Crippen LogP contribution in [0.3, 0.4) is 0 Å². The molecule has 0 amide bonds. The number of nitrogens with one attached hydrogen (secondary N) is 1. The van der Waals surface area contributed by atoms with E-state index in [1.165, 1.54) is 6.26 Å². The summed E-state index contributed by atoms with van der Waals surface area (Å²) in [6.45, 7) is 0. The van der Waals surface area contributed by atoms with Crippen molar-refractivity contribution in [3.8, 4) is 22.4 Å². The Morgan fingerprint density at radius 2 is 1.74 bits per heavy atom. The van der Waals surface area contributed by atoms with E-state index in [0.717, 1.165) is 27.7 Å². The second kappa shape index (κ2) is 5.18. The number of aromatic carboxylic acids is 1. The van der Waals surface area contributed by atoms with Crippen molar-refractivity contribution in [1.29, 1.82) is 0 Å². The van der Waals surface area contributed by atoms with Crippen LogP contribution in [0.1, 0.15) is 10.6 Å². The molecule has 0 fully saturated rings. The molecule has 0 radical (unpaired) electrons. The number of rotatable bonds is 3. The Labute approximate surface area is 132 Å². The second-order valence-electron chi connectivity index (χ2n) is 5.29. The molecule has 0 aliphatic rings. The predicted molar refractivity (Wildman–Crippen MR) is 88.4 cm³/mol. The summed E-state index contributed by atoms with van der Waals surface area (Å²) < 4.78 is 5.34. The van der Waals surface area contributed by atoms with E-state index in [2.05, 4.69) is 4.98 Å². The fraction of sp³-hybridized carbons (Fsp3) is 0. The highest BCUT2D eigenvalue weighted by Crippen LogP contribution is 2.37. The lowest BCUT2D eigenvalue weighted by Crippen LogP contribution is -1.96. The second-order valence-corrected chi connectivity index (χ2v) is 5.29. The molecule has 0 atom stereocenters. The minimum absolute atomic E-state index is 0.0598. The fourth-order valence-electron chi connectivity index (χ4n) is 2.82. The highest BCUT2D eigenvalue weighted by atomic mass is 16.4. The smallest absolute Gasteiger partial charge is 0.372 e. The topological polar surface area (TPSA) is 66.2 Å². The number of carbonyl (C=O) groups is 1. The van der Waals surface area contributed by atoms with Crippen LogP contribution >= 0.6 is 0 Å². The highest BCUT2D eigenvalue weighted by molar-refractivity contribution is 6.00. The van der Waals surface area contributed by atoms with Crippen LogP contribution in [0.15, 0.2) is 71.3 Å². The van der Waals surface area contributed by atoms with Crippen LogP contribution < -0.4 is 0 Å². The molecule has 4 heteroatoms. The quantitative estimate of drug-likeness (QED) is 0.571. The molecule has 4 aromatic rings. The molecular formula is C19H13NO3. The number of aromatic amines is 1. The number of hydrogen-bond acceptors (Lipinski definition) is 2. The average Bonchev–Trinajstić information content (AvgIpc) is 3.19. The number of para-hydroxylation sites is 1. The van der Waals surface area contributed by atoms with E-state index in [0.29, 0.717) is 5.56 Å². The monoisotopic (exact) mass is 303 g/mol. The van der Waals surface area contributed by atoms with Crippen molar-refractivity contribution in [3.05, 3.63) is 72.7 Å². The third-order valence-corrected chi connectivity index (χ3v) is 3.87. The summed E-state index contributed by atoms with van der Waals surface area (Å²) in [4.78, 5) is 14.8. The molecule has 0 saturated carbocycles. The average molecular weight is 303 g/mol. The Kier molecular flexibility index (Phi) is 3.01. The van der Waals surface area contributed by atoms with Crippen molar-refractivity contribution in [2.45, 2.75) is 0 Å². The molecule has 23 heavy (non-hydrogen) atoms. The van der Waals surface area contributed by atoms with Gasteiger partial charge in [-0.1, -0.05) is 48.5 Å². The van der Waals surface area contributed by atoms with Gasteiger partial charge in [-0.25, -0.2) is 4.79 Å². The van der Waals surface area contributed by atoms with E-state index < -0.39 is 5.97 Å². The maximum Gasteiger partial charge on any atom is 0.372 e. The standard InChI is InChI=1S/C19H13NO3/c21-19(22)18-17(14(11-23-18)12-6-2-1-3-7-12)16-10-13-8-4-5-9-15(13)20-16/h1-11,20H,(H,21,22). The first-order valence-electron chi connectivity index (χ1n) is 7.22. The van der Waals surface area contributed by atoms with Crippen LogP contribution in [-0.4, -0.2) is 16.1 Å². The maximum absolute atomic E-state index is 11.5. The van der Waals surface area contributed by atoms with Gasteiger partial charge in [0.2, 0.25) is 5.76 Å². The van der Waals surface area contributed by atoms with Crippen LogP contribution in [0, 0.1) is 0 Å². The van der Waals surface area contributed by atoms with Crippen LogP contribution in [0.4, 0.5) is 0 Å². The first kappa shape index (κ1) is 13.4. The summed E-state index contributed by atoms with van der Waals surface area (Å²) in [6.07, 6.45) is 1.50. The van der Waals surface area contributed by atoms with Crippen molar-refractivity contribution in [1.82, 2.24) is 4.98 Å². The zero-order valence-corrected chi connectivity index (χ0v) is 12.1. The predicted octanol–water partition coefficient (Wildman–Crippen LogP) is 4.79. The number of hydrogen-bond donors (Lipinski definition) is 2. The molecule has 0 saturated heterocycles. The highest BCUT2D eigenvalue weighted by Gasteiger charge is 2.23. The number of carboxylic acid groups (broad SMARTS) is 1. The maximum atomic E-state index is 11.5. The molecule has 112 valence electrons. The Bertz CT molecular complexity index is 963. The van der Waals surface area contributed by atoms with Gasteiger partial charge in [-0.05, 0) is 17.7 Å². The normalized spacial score (nSPS) is 11.0. The van der Waals surface area contributed by atoms with Gasteiger partial charge in [-0.3, -0.25) is 0 Å². The SMILES string of the molecule is O=C(O)c1occ(-c2ccccc2)c1-c1cc2ccccc2[nH]1. The Balaban J connectivity index is 1.99. The Morgan fingerprint density at radius 3 is 2.48 bits per heavy atom. The van der Waals surface area contributed by atoms with Crippen molar-refractivity contribution in [3.63, 3.8) is 0 Å². The lowest BCUT2D eigenvalue weighted by atomic mass is 10.0. The first-order valence-corrected chi connectivity index (χ1v) is 7.22. The Hall–Kier alpha value is -3.27. The zero-order valence-electron chi connectivity index (χ0n) is 12.1. The van der Waals surface area contributed by atoms with E-state index in [1.807, 2.05) is 60.7 Å². The van der Waals surface area contributed by atoms with Gasteiger partial charge >= 0.3 is 5.97 Å². The fourth-order valence-corrected chi connectivity index (χ4v) is 2.82. The van der Waals surface area contributed by atoms with Gasteiger partial charge < -0.3 is 14.5 Å². The Morgan fingerprint density at radius 1 is 1.00 bits per heavy atom. The van der Waals surface area contributed by atoms with Gasteiger partial charge in [0.25, 0.3) is 0 Å². The minimum atomic E-state index is -1.08. The third-order valence-electron chi connectivity index (χ3n) is 3.87. The van der Waals surface area contributed by atoms with E-state index in [9.17, 15) is 9.90 Å². The zero-order chi connectivity index (χ0) is 15.8. The van der Waals surface area contributed by atoms with Gasteiger partial charge in [0.05, 0.1) is 11.3 Å². The van der Waals surface area contributed by atoms with Crippen molar-refractivity contribution >= 4 is 16.9 Å². The molecule has 0 unspecified atom stereocenters.